The van der Waals surface area contributed by atoms with E-state index in [0.717, 1.165) is 77.1 Å². The average molecular weight is 499 g/mol. The molecule has 37 heavy (non-hydrogen) atoms. The summed E-state index contributed by atoms with van der Waals surface area (Å²) in [4.78, 5) is 20.4. The number of methoxy groups -OCH3 is 1. The highest BCUT2D eigenvalue weighted by Crippen LogP contribution is 2.41. The lowest BCUT2D eigenvalue weighted by atomic mass is 9.92. The third kappa shape index (κ3) is 4.35. The summed E-state index contributed by atoms with van der Waals surface area (Å²) in [6, 6.07) is 17.1. The van der Waals surface area contributed by atoms with Crippen molar-refractivity contribution in [2.24, 2.45) is 0 Å². The lowest BCUT2D eigenvalue weighted by Crippen LogP contribution is -2.30. The first-order chi connectivity index (χ1) is 18.0. The summed E-state index contributed by atoms with van der Waals surface area (Å²) in [5, 5.41) is 4.15. The molecule has 0 N–H and O–H groups in total. The van der Waals surface area contributed by atoms with Crippen LogP contribution in [0, 0.1) is 13.8 Å². The number of carbonyl (C=O) groups excluding carboxylic acids is 1. The molecule has 2 aromatic carbocycles. The Kier molecular flexibility index (Phi) is 6.32. The van der Waals surface area contributed by atoms with Crippen molar-refractivity contribution >= 4 is 16.9 Å². The molecule has 2 aromatic heterocycles. The number of aromatic nitrogens is 3. The Balaban J connectivity index is 1.44. The number of carbonyl (C=O) groups is 1. The summed E-state index contributed by atoms with van der Waals surface area (Å²) in [6.07, 6.45) is 5.83. The van der Waals surface area contributed by atoms with Crippen molar-refractivity contribution in [1.82, 2.24) is 19.6 Å². The van der Waals surface area contributed by atoms with Crippen LogP contribution >= 0.6 is 0 Å². The topological polar surface area (TPSA) is 73.4 Å². The van der Waals surface area contributed by atoms with E-state index in [9.17, 15) is 4.79 Å². The van der Waals surface area contributed by atoms with Crippen LogP contribution in [-0.2, 0) is 16.1 Å². The number of imidazole rings is 1. The van der Waals surface area contributed by atoms with Crippen LogP contribution in [0.25, 0.3) is 22.2 Å². The van der Waals surface area contributed by atoms with Crippen molar-refractivity contribution in [3.8, 4) is 11.1 Å². The maximum absolute atomic E-state index is 13.1. The van der Waals surface area contributed by atoms with Crippen molar-refractivity contribution in [1.29, 1.82) is 0 Å². The van der Waals surface area contributed by atoms with Crippen molar-refractivity contribution < 1.29 is 14.1 Å². The van der Waals surface area contributed by atoms with Crippen LogP contribution in [0.1, 0.15) is 73.5 Å². The molecule has 0 radical (unpaired) electrons. The van der Waals surface area contributed by atoms with Gasteiger partial charge in [-0.25, -0.2) is 4.98 Å². The summed E-state index contributed by atoms with van der Waals surface area (Å²) < 4.78 is 13.5. The maximum atomic E-state index is 13.1. The third-order valence-electron chi connectivity index (χ3n) is 8.20. The molecule has 1 saturated carbocycles. The molecule has 3 heterocycles. The number of amides is 1. The minimum Gasteiger partial charge on any atom is -0.381 e. The Morgan fingerprint density at radius 3 is 2.51 bits per heavy atom. The molecular weight excluding hydrogens is 464 g/mol. The first-order valence-corrected chi connectivity index (χ1v) is 13.3. The Hall–Kier alpha value is -3.45. The Morgan fingerprint density at radius 1 is 1.03 bits per heavy atom. The van der Waals surface area contributed by atoms with Crippen LogP contribution < -0.4 is 0 Å². The largest absolute Gasteiger partial charge is 0.381 e. The number of nitrogens with zero attached hydrogens (tertiary/aromatic N) is 4. The molecule has 1 unspecified atom stereocenters. The second kappa shape index (κ2) is 9.78. The molecular formula is C30H34N4O3. The highest BCUT2D eigenvalue weighted by atomic mass is 16.5. The zero-order valence-corrected chi connectivity index (χ0v) is 21.8. The number of ether oxygens (including phenoxy) is 1. The molecule has 0 spiro atoms. The fraction of sp³-hybridized carbons (Fsp3) is 0.433. The number of hydrogen-bond acceptors (Lipinski definition) is 5. The molecule has 2 aliphatic rings. The van der Waals surface area contributed by atoms with Gasteiger partial charge in [-0.2, -0.15) is 0 Å². The molecule has 6 rings (SSSR count). The van der Waals surface area contributed by atoms with E-state index in [4.69, 9.17) is 14.2 Å². The Labute approximate surface area is 217 Å². The van der Waals surface area contributed by atoms with Crippen LogP contribution in [-0.4, -0.2) is 38.7 Å². The van der Waals surface area contributed by atoms with E-state index in [-0.39, 0.29) is 11.9 Å². The molecule has 2 fully saturated rings. The van der Waals surface area contributed by atoms with Gasteiger partial charge in [0.15, 0.2) is 0 Å². The number of aryl methyl sites for hydroxylation is 2. The molecule has 0 bridgehead atoms. The van der Waals surface area contributed by atoms with Crippen LogP contribution in [0.3, 0.4) is 0 Å². The second-order valence-corrected chi connectivity index (χ2v) is 10.5. The summed E-state index contributed by atoms with van der Waals surface area (Å²) in [6.45, 7) is 4.53. The summed E-state index contributed by atoms with van der Waals surface area (Å²) in [5.74, 6) is 2.02. The van der Waals surface area contributed by atoms with E-state index in [0.29, 0.717) is 25.1 Å². The lowest BCUT2D eigenvalue weighted by molar-refractivity contribution is -0.129. The minimum absolute atomic E-state index is 0.0391. The predicted molar refractivity (Wildman–Crippen MR) is 142 cm³/mol. The van der Waals surface area contributed by atoms with E-state index in [1.807, 2.05) is 44.1 Å². The van der Waals surface area contributed by atoms with Gasteiger partial charge in [-0.05, 0) is 69.2 Å². The molecule has 7 heteroatoms. The standard InChI is InChI=1S/C30H34N4O3/c1-19-29(20(2)37-32-19)22-9-14-26-25(17-22)31-30(34(26)23-10-12-24(36-3)13-11-23)27-15-16-28(35)33(27)18-21-7-5-4-6-8-21/h4-9,14,17,23-24,27H,10-13,15-16,18H2,1-3H3. The van der Waals surface area contributed by atoms with Gasteiger partial charge in [0, 0.05) is 31.7 Å². The Bertz CT molecular complexity index is 1400. The van der Waals surface area contributed by atoms with E-state index in [2.05, 4.69) is 40.1 Å². The summed E-state index contributed by atoms with van der Waals surface area (Å²) >= 11 is 0. The van der Waals surface area contributed by atoms with Gasteiger partial charge in [-0.3, -0.25) is 4.79 Å². The smallest absolute Gasteiger partial charge is 0.223 e. The van der Waals surface area contributed by atoms with E-state index < -0.39 is 0 Å². The van der Waals surface area contributed by atoms with Gasteiger partial charge in [-0.1, -0.05) is 41.6 Å². The van der Waals surface area contributed by atoms with E-state index >= 15 is 0 Å². The number of benzene rings is 2. The summed E-state index contributed by atoms with van der Waals surface area (Å²) in [5.41, 5.74) is 6.20. The number of fused-ring (bicyclic) bond motifs is 1. The van der Waals surface area contributed by atoms with Crippen molar-refractivity contribution in [2.75, 3.05) is 7.11 Å². The van der Waals surface area contributed by atoms with Crippen molar-refractivity contribution in [3.05, 3.63) is 71.4 Å². The van der Waals surface area contributed by atoms with Gasteiger partial charge >= 0.3 is 0 Å². The SMILES string of the molecule is COC1CCC(n2c(C3CCC(=O)N3Cc3ccccc3)nc3cc(-c4c(C)noc4C)ccc32)CC1. The van der Waals surface area contributed by atoms with Crippen molar-refractivity contribution in [3.63, 3.8) is 0 Å². The quantitative estimate of drug-likeness (QED) is 0.312. The van der Waals surface area contributed by atoms with Crippen LogP contribution in [0.2, 0.25) is 0 Å². The van der Waals surface area contributed by atoms with Crippen LogP contribution in [0.4, 0.5) is 0 Å². The summed E-state index contributed by atoms with van der Waals surface area (Å²) in [7, 11) is 1.81. The van der Waals surface area contributed by atoms with Crippen LogP contribution in [0.15, 0.2) is 53.1 Å². The molecule has 4 aromatic rings. The maximum Gasteiger partial charge on any atom is 0.223 e. The molecule has 1 amide bonds. The van der Waals surface area contributed by atoms with Gasteiger partial charge in [0.2, 0.25) is 5.91 Å². The minimum atomic E-state index is -0.0391. The first-order valence-electron chi connectivity index (χ1n) is 13.3. The normalized spacial score (nSPS) is 22.3. The van der Waals surface area contributed by atoms with Gasteiger partial charge < -0.3 is 18.7 Å². The molecule has 1 atom stereocenters. The van der Waals surface area contributed by atoms with E-state index in [1.54, 1.807) is 0 Å². The fourth-order valence-corrected chi connectivity index (χ4v) is 6.31. The zero-order chi connectivity index (χ0) is 25.5. The fourth-order valence-electron chi connectivity index (χ4n) is 6.31. The average Bonchev–Trinajstić information content (AvgIpc) is 3.58. The third-order valence-corrected chi connectivity index (χ3v) is 8.20. The monoisotopic (exact) mass is 498 g/mol. The number of hydrogen-bond donors (Lipinski definition) is 0. The van der Waals surface area contributed by atoms with Crippen molar-refractivity contribution in [2.45, 2.75) is 77.1 Å². The van der Waals surface area contributed by atoms with Crippen LogP contribution in [0.5, 0.6) is 0 Å². The van der Waals surface area contributed by atoms with Gasteiger partial charge in [-0.15, -0.1) is 0 Å². The molecule has 1 aliphatic heterocycles. The molecule has 1 saturated heterocycles. The lowest BCUT2D eigenvalue weighted by Gasteiger charge is -2.32. The first kappa shape index (κ1) is 23.9. The van der Waals surface area contributed by atoms with Gasteiger partial charge in [0.05, 0.1) is 28.9 Å². The highest BCUT2D eigenvalue weighted by molar-refractivity contribution is 5.84. The second-order valence-electron chi connectivity index (χ2n) is 10.5. The molecule has 192 valence electrons. The van der Waals surface area contributed by atoms with Gasteiger partial charge in [0.25, 0.3) is 0 Å². The molecule has 7 nitrogen and oxygen atoms in total. The Morgan fingerprint density at radius 2 is 1.81 bits per heavy atom. The number of likely N-dealkylation sites (tertiary alicyclic amines) is 1. The number of rotatable bonds is 6. The zero-order valence-electron chi connectivity index (χ0n) is 21.8. The predicted octanol–water partition coefficient (Wildman–Crippen LogP) is 6.30. The van der Waals surface area contributed by atoms with E-state index in [1.165, 1.54) is 0 Å². The highest BCUT2D eigenvalue weighted by Gasteiger charge is 2.37. The van der Waals surface area contributed by atoms with Gasteiger partial charge in [0.1, 0.15) is 11.6 Å². The molecule has 1 aliphatic carbocycles.